The van der Waals surface area contributed by atoms with Crippen LogP contribution in [0.4, 0.5) is 0 Å². The minimum atomic E-state index is -0.00993. The van der Waals surface area contributed by atoms with Crippen LogP contribution in [0.3, 0.4) is 0 Å². The molecular weight excluding hydrogens is 252 g/mol. The lowest BCUT2D eigenvalue weighted by atomic mass is 10.1. The van der Waals surface area contributed by atoms with E-state index >= 15 is 0 Å². The number of hydrogen-bond acceptors (Lipinski definition) is 3. The first-order chi connectivity index (χ1) is 7.90. The van der Waals surface area contributed by atoms with Gasteiger partial charge in [-0.15, -0.1) is 12.4 Å². The molecule has 0 aliphatic carbocycles. The minimum Gasteiger partial charge on any atom is -0.349 e. The molecule has 18 heavy (non-hydrogen) atoms. The molecule has 3 N–H and O–H groups in total. The van der Waals surface area contributed by atoms with Crippen LogP contribution in [-0.4, -0.2) is 21.7 Å². The second-order valence-corrected chi connectivity index (χ2v) is 4.65. The molecule has 1 aromatic heterocycles. The monoisotopic (exact) mass is 274 g/mol. The molecule has 1 heterocycles. The van der Waals surface area contributed by atoms with Gasteiger partial charge in [0.15, 0.2) is 0 Å². The Morgan fingerprint density at radius 2 is 2.17 bits per heavy atom. The highest BCUT2D eigenvalue weighted by Crippen LogP contribution is 2.15. The van der Waals surface area contributed by atoms with Gasteiger partial charge in [0.1, 0.15) is 0 Å². The van der Waals surface area contributed by atoms with E-state index in [4.69, 9.17) is 5.73 Å². The molecule has 104 valence electrons. The molecule has 1 aromatic rings. The molecule has 0 aliphatic rings. The number of carbonyl (C=O) groups is 1. The predicted molar refractivity (Wildman–Crippen MR) is 74.6 cm³/mol. The van der Waals surface area contributed by atoms with Crippen LogP contribution in [-0.2, 0) is 11.8 Å². The fraction of sp³-hybridized carbons (Fsp3) is 0.667. The van der Waals surface area contributed by atoms with Crippen LogP contribution in [0.25, 0.3) is 0 Å². The maximum Gasteiger partial charge on any atom is 0.220 e. The zero-order chi connectivity index (χ0) is 13.0. The molecule has 0 fully saturated rings. The van der Waals surface area contributed by atoms with Crippen LogP contribution < -0.4 is 11.1 Å². The Bertz CT molecular complexity index is 389. The van der Waals surface area contributed by atoms with Crippen LogP contribution in [0.1, 0.15) is 44.0 Å². The number of nitrogens with two attached hydrogens (primary N) is 1. The van der Waals surface area contributed by atoms with Crippen molar-refractivity contribution in [1.82, 2.24) is 15.1 Å². The summed E-state index contributed by atoms with van der Waals surface area (Å²) in [6, 6.07) is 0.0560. The Kier molecular flexibility index (Phi) is 6.94. The van der Waals surface area contributed by atoms with Gasteiger partial charge in [-0.05, 0) is 27.2 Å². The highest BCUT2D eigenvalue weighted by molar-refractivity contribution is 5.85. The minimum absolute atomic E-state index is 0. The van der Waals surface area contributed by atoms with Crippen molar-refractivity contribution in [1.29, 1.82) is 0 Å². The molecule has 0 bridgehead atoms. The lowest BCUT2D eigenvalue weighted by molar-refractivity contribution is -0.121. The largest absolute Gasteiger partial charge is 0.349 e. The Hall–Kier alpha value is -1.07. The van der Waals surface area contributed by atoms with Crippen molar-refractivity contribution in [3.8, 4) is 0 Å². The molecule has 1 amide bonds. The molecule has 0 spiro atoms. The summed E-state index contributed by atoms with van der Waals surface area (Å²) in [5.74, 6) is 0.0399. The third-order valence-corrected chi connectivity index (χ3v) is 2.72. The molecule has 1 rings (SSSR count). The standard InChI is InChI=1S/C12H22N4O.ClH/c1-8(13)5-6-12(17)14-9(2)11-7-16(4)15-10(11)3;/h7-9H,5-6,13H2,1-4H3,(H,14,17);1H. The second kappa shape index (κ2) is 7.38. The van der Waals surface area contributed by atoms with Crippen molar-refractivity contribution >= 4 is 18.3 Å². The van der Waals surface area contributed by atoms with Crippen LogP contribution in [0, 0.1) is 6.92 Å². The lowest BCUT2D eigenvalue weighted by Gasteiger charge is -2.13. The van der Waals surface area contributed by atoms with E-state index in [9.17, 15) is 4.79 Å². The van der Waals surface area contributed by atoms with Crippen molar-refractivity contribution in [2.24, 2.45) is 12.8 Å². The van der Waals surface area contributed by atoms with E-state index in [0.29, 0.717) is 12.8 Å². The number of aryl methyl sites for hydroxylation is 2. The zero-order valence-corrected chi connectivity index (χ0v) is 12.3. The van der Waals surface area contributed by atoms with Gasteiger partial charge in [0, 0.05) is 31.3 Å². The molecule has 0 radical (unpaired) electrons. The number of carbonyl (C=O) groups excluding carboxylic acids is 1. The van der Waals surface area contributed by atoms with Crippen molar-refractivity contribution < 1.29 is 4.79 Å². The van der Waals surface area contributed by atoms with E-state index in [0.717, 1.165) is 11.3 Å². The van der Waals surface area contributed by atoms with Crippen molar-refractivity contribution in [3.63, 3.8) is 0 Å². The summed E-state index contributed by atoms with van der Waals surface area (Å²) in [4.78, 5) is 11.7. The van der Waals surface area contributed by atoms with Crippen molar-refractivity contribution in [2.45, 2.75) is 45.7 Å². The summed E-state index contributed by atoms with van der Waals surface area (Å²) in [5.41, 5.74) is 7.63. The van der Waals surface area contributed by atoms with Crippen LogP contribution in [0.2, 0.25) is 0 Å². The highest BCUT2D eigenvalue weighted by Gasteiger charge is 2.14. The van der Waals surface area contributed by atoms with Crippen molar-refractivity contribution in [2.75, 3.05) is 0 Å². The van der Waals surface area contributed by atoms with Crippen molar-refractivity contribution in [3.05, 3.63) is 17.5 Å². The lowest BCUT2D eigenvalue weighted by Crippen LogP contribution is -2.28. The van der Waals surface area contributed by atoms with Gasteiger partial charge in [-0.1, -0.05) is 0 Å². The van der Waals surface area contributed by atoms with Gasteiger partial charge in [0.25, 0.3) is 0 Å². The van der Waals surface area contributed by atoms with Gasteiger partial charge < -0.3 is 11.1 Å². The first kappa shape index (κ1) is 16.9. The van der Waals surface area contributed by atoms with Crippen LogP contribution in [0.5, 0.6) is 0 Å². The summed E-state index contributed by atoms with van der Waals surface area (Å²) in [6.07, 6.45) is 3.12. The van der Waals surface area contributed by atoms with E-state index in [2.05, 4.69) is 10.4 Å². The Morgan fingerprint density at radius 3 is 2.61 bits per heavy atom. The molecule has 0 saturated heterocycles. The van der Waals surface area contributed by atoms with Gasteiger partial charge in [0.2, 0.25) is 5.91 Å². The molecule has 0 aromatic carbocycles. The van der Waals surface area contributed by atoms with E-state index in [1.165, 1.54) is 0 Å². The molecule has 0 aliphatic heterocycles. The fourth-order valence-electron chi connectivity index (χ4n) is 1.79. The molecule has 6 heteroatoms. The number of aromatic nitrogens is 2. The Balaban J connectivity index is 0.00000289. The average Bonchev–Trinajstić information content (AvgIpc) is 2.55. The Morgan fingerprint density at radius 1 is 1.56 bits per heavy atom. The summed E-state index contributed by atoms with van der Waals surface area (Å²) in [7, 11) is 1.88. The number of hydrogen-bond donors (Lipinski definition) is 2. The molecular formula is C12H23ClN4O. The molecule has 2 unspecified atom stereocenters. The van der Waals surface area contributed by atoms with Gasteiger partial charge in [-0.25, -0.2) is 0 Å². The number of nitrogens with zero attached hydrogens (tertiary/aromatic N) is 2. The zero-order valence-electron chi connectivity index (χ0n) is 11.4. The first-order valence-corrected chi connectivity index (χ1v) is 5.95. The summed E-state index contributed by atoms with van der Waals surface area (Å²) in [5, 5.41) is 7.22. The summed E-state index contributed by atoms with van der Waals surface area (Å²) >= 11 is 0. The van der Waals surface area contributed by atoms with Crippen LogP contribution in [0.15, 0.2) is 6.20 Å². The molecule has 5 nitrogen and oxygen atoms in total. The van der Waals surface area contributed by atoms with Gasteiger partial charge in [-0.2, -0.15) is 5.10 Å². The van der Waals surface area contributed by atoms with E-state index in [-0.39, 0.29) is 30.4 Å². The number of rotatable bonds is 5. The van der Waals surface area contributed by atoms with Gasteiger partial charge in [0.05, 0.1) is 11.7 Å². The molecule has 2 atom stereocenters. The number of halogens is 1. The SMILES string of the molecule is Cc1nn(C)cc1C(C)NC(=O)CCC(C)N.Cl. The van der Waals surface area contributed by atoms with E-state index < -0.39 is 0 Å². The average molecular weight is 275 g/mol. The predicted octanol–water partition coefficient (Wildman–Crippen LogP) is 1.45. The second-order valence-electron chi connectivity index (χ2n) is 4.65. The summed E-state index contributed by atoms with van der Waals surface area (Å²) < 4.78 is 1.76. The van der Waals surface area contributed by atoms with Gasteiger partial charge in [-0.3, -0.25) is 9.48 Å². The third kappa shape index (κ3) is 5.06. The van der Waals surface area contributed by atoms with Crippen LogP contribution >= 0.6 is 12.4 Å². The molecule has 0 saturated carbocycles. The fourth-order valence-corrected chi connectivity index (χ4v) is 1.79. The Labute approximate surface area is 115 Å². The number of nitrogens with one attached hydrogen (secondary N) is 1. The van der Waals surface area contributed by atoms with Gasteiger partial charge >= 0.3 is 0 Å². The topological polar surface area (TPSA) is 72.9 Å². The van der Waals surface area contributed by atoms with E-state index in [1.54, 1.807) is 4.68 Å². The smallest absolute Gasteiger partial charge is 0.220 e. The highest BCUT2D eigenvalue weighted by atomic mass is 35.5. The maximum atomic E-state index is 11.7. The normalized spacial score (nSPS) is 13.6. The quantitative estimate of drug-likeness (QED) is 0.854. The van der Waals surface area contributed by atoms with E-state index in [1.807, 2.05) is 34.0 Å². The number of amides is 1. The third-order valence-electron chi connectivity index (χ3n) is 2.72. The first-order valence-electron chi connectivity index (χ1n) is 5.95. The summed E-state index contributed by atoms with van der Waals surface area (Å²) in [6.45, 7) is 5.82. The maximum absolute atomic E-state index is 11.7.